The second kappa shape index (κ2) is 9.57. The van der Waals surface area contributed by atoms with Gasteiger partial charge in [0.15, 0.2) is 12.9 Å². The first-order valence-electron chi connectivity index (χ1n) is 11.3. The number of fused-ring (bicyclic) bond motifs is 1. The maximum atomic E-state index is 12.9. The largest absolute Gasteiger partial charge is 0.484 e. The van der Waals surface area contributed by atoms with Gasteiger partial charge in [-0.15, -0.1) is 0 Å². The number of anilines is 2. The van der Waals surface area contributed by atoms with Crippen molar-refractivity contribution in [2.24, 2.45) is 5.92 Å². The lowest BCUT2D eigenvalue weighted by molar-refractivity contribution is -0.129. The van der Waals surface area contributed by atoms with Crippen LogP contribution in [0.4, 0.5) is 11.5 Å². The van der Waals surface area contributed by atoms with Crippen LogP contribution in [0.2, 0.25) is 5.02 Å². The molecule has 3 atom stereocenters. The smallest absolute Gasteiger partial charge is 0.263 e. The molecule has 1 aromatic heterocycles. The van der Waals surface area contributed by atoms with Crippen LogP contribution in [0.15, 0.2) is 54.6 Å². The summed E-state index contributed by atoms with van der Waals surface area (Å²) < 4.78 is 7.17. The number of aromatic nitrogens is 2. The van der Waals surface area contributed by atoms with Gasteiger partial charge in [0.2, 0.25) is 5.91 Å². The van der Waals surface area contributed by atoms with E-state index in [0.29, 0.717) is 28.8 Å². The highest BCUT2D eigenvalue weighted by atomic mass is 35.5. The number of nitrogens with zero attached hydrogens (tertiary/aromatic N) is 3. The Labute approximate surface area is 207 Å². The number of nitrogens with one attached hydrogen (secondary N) is 4. The van der Waals surface area contributed by atoms with Crippen molar-refractivity contribution in [1.82, 2.24) is 25.8 Å². The number of hydrogen-bond acceptors (Lipinski definition) is 7. The molecular formula is C24H26ClN7O3. The number of ether oxygens (including phenoxy) is 1. The van der Waals surface area contributed by atoms with Crippen LogP contribution in [0.25, 0.3) is 0 Å². The number of carbonyl (C=O) groups excluding carboxylic acids is 2. The van der Waals surface area contributed by atoms with Crippen molar-refractivity contribution in [1.29, 1.82) is 0 Å². The second-order valence-corrected chi connectivity index (χ2v) is 9.04. The molecule has 2 saturated heterocycles. The summed E-state index contributed by atoms with van der Waals surface area (Å²) in [4.78, 5) is 25.5. The van der Waals surface area contributed by atoms with E-state index in [1.54, 1.807) is 28.9 Å². The maximum absolute atomic E-state index is 12.9. The van der Waals surface area contributed by atoms with E-state index in [2.05, 4.69) is 26.5 Å². The van der Waals surface area contributed by atoms with E-state index < -0.39 is 6.29 Å². The molecule has 5 rings (SSSR count). The van der Waals surface area contributed by atoms with Crippen LogP contribution in [0, 0.1) is 19.8 Å². The lowest BCUT2D eigenvalue weighted by atomic mass is 10.0. The molecule has 10 nitrogen and oxygen atoms in total. The molecule has 182 valence electrons. The first-order valence-corrected chi connectivity index (χ1v) is 11.7. The highest BCUT2D eigenvalue weighted by molar-refractivity contribution is 6.30. The molecule has 2 fully saturated rings. The van der Waals surface area contributed by atoms with Crippen LogP contribution in [0.5, 0.6) is 5.75 Å². The fourth-order valence-corrected chi connectivity index (χ4v) is 4.41. The van der Waals surface area contributed by atoms with Gasteiger partial charge in [0, 0.05) is 17.6 Å². The zero-order chi connectivity index (χ0) is 24.5. The lowest BCUT2D eigenvalue weighted by Crippen LogP contribution is -2.61. The fourth-order valence-electron chi connectivity index (χ4n) is 4.28. The Morgan fingerprint density at radius 1 is 1.20 bits per heavy atom. The van der Waals surface area contributed by atoms with E-state index in [-0.39, 0.29) is 30.5 Å². The second-order valence-electron chi connectivity index (χ2n) is 8.61. The van der Waals surface area contributed by atoms with E-state index in [1.165, 1.54) is 0 Å². The van der Waals surface area contributed by atoms with Crippen molar-refractivity contribution in [2.75, 3.05) is 23.5 Å². The number of rotatable bonds is 6. The molecule has 0 spiro atoms. The molecule has 3 aromatic rings. The third-order valence-electron chi connectivity index (χ3n) is 5.92. The summed E-state index contributed by atoms with van der Waals surface area (Å²) in [6.07, 6.45) is -0.993. The molecule has 0 aliphatic carbocycles. The average molecular weight is 496 g/mol. The topological polar surface area (TPSA) is 113 Å². The quantitative estimate of drug-likeness (QED) is 0.415. The van der Waals surface area contributed by atoms with Crippen molar-refractivity contribution in [3.05, 3.63) is 70.9 Å². The molecule has 3 heterocycles. The summed E-state index contributed by atoms with van der Waals surface area (Å²) in [6, 6.07) is 16.6. The van der Waals surface area contributed by atoms with E-state index in [0.717, 1.165) is 11.3 Å². The number of amides is 2. The minimum atomic E-state index is -0.667. The zero-order valence-corrected chi connectivity index (χ0v) is 20.0. The SMILES string of the molecule is Cc1cccc(OCC(=O)Nc2cc(C)nn2C2NC(=O)C3CNN(c4ccc(Cl)cc4)C3N2)c1. The lowest BCUT2D eigenvalue weighted by Gasteiger charge is -2.37. The predicted molar refractivity (Wildman–Crippen MR) is 132 cm³/mol. The van der Waals surface area contributed by atoms with Gasteiger partial charge in [-0.2, -0.15) is 5.10 Å². The van der Waals surface area contributed by atoms with Crippen LogP contribution in [-0.4, -0.2) is 40.9 Å². The van der Waals surface area contributed by atoms with Gasteiger partial charge in [-0.3, -0.25) is 19.9 Å². The minimum Gasteiger partial charge on any atom is -0.484 e. The Balaban J connectivity index is 1.30. The van der Waals surface area contributed by atoms with E-state index in [9.17, 15) is 9.59 Å². The fraction of sp³-hybridized carbons (Fsp3) is 0.292. The van der Waals surface area contributed by atoms with Gasteiger partial charge < -0.3 is 15.4 Å². The van der Waals surface area contributed by atoms with Crippen molar-refractivity contribution in [3.8, 4) is 5.75 Å². The Morgan fingerprint density at radius 3 is 2.77 bits per heavy atom. The van der Waals surface area contributed by atoms with Crippen LogP contribution in [-0.2, 0) is 9.59 Å². The van der Waals surface area contributed by atoms with Crippen molar-refractivity contribution >= 4 is 34.9 Å². The first-order chi connectivity index (χ1) is 16.9. The summed E-state index contributed by atoms with van der Waals surface area (Å²) >= 11 is 6.03. The van der Waals surface area contributed by atoms with Gasteiger partial charge in [0.25, 0.3) is 5.91 Å². The van der Waals surface area contributed by atoms with Gasteiger partial charge >= 0.3 is 0 Å². The number of halogens is 1. The highest BCUT2D eigenvalue weighted by Gasteiger charge is 2.45. The molecule has 11 heteroatoms. The number of hydrazine groups is 1. The number of hydrogen-bond donors (Lipinski definition) is 4. The highest BCUT2D eigenvalue weighted by Crippen LogP contribution is 2.28. The molecule has 35 heavy (non-hydrogen) atoms. The van der Waals surface area contributed by atoms with Crippen molar-refractivity contribution in [3.63, 3.8) is 0 Å². The third kappa shape index (κ3) is 4.95. The normalized spacial score (nSPS) is 21.4. The number of benzene rings is 2. The van der Waals surface area contributed by atoms with E-state index >= 15 is 0 Å². The minimum absolute atomic E-state index is 0.115. The van der Waals surface area contributed by atoms with Gasteiger partial charge in [0.05, 0.1) is 17.3 Å². The Kier molecular flexibility index (Phi) is 6.33. The van der Waals surface area contributed by atoms with Crippen molar-refractivity contribution in [2.45, 2.75) is 26.3 Å². The zero-order valence-electron chi connectivity index (χ0n) is 19.3. The van der Waals surface area contributed by atoms with Crippen molar-refractivity contribution < 1.29 is 14.3 Å². The molecule has 0 radical (unpaired) electrons. The summed E-state index contributed by atoms with van der Waals surface area (Å²) in [5.41, 5.74) is 5.89. The molecule has 4 N–H and O–H groups in total. The molecule has 3 unspecified atom stereocenters. The van der Waals surface area contributed by atoms with Crippen LogP contribution >= 0.6 is 11.6 Å². The average Bonchev–Trinajstić information content (AvgIpc) is 3.42. The van der Waals surface area contributed by atoms with Crippen LogP contribution < -0.4 is 31.1 Å². The first kappa shape index (κ1) is 23.2. The molecule has 2 aliphatic heterocycles. The van der Waals surface area contributed by atoms with Gasteiger partial charge in [-0.1, -0.05) is 23.7 Å². The Bertz CT molecular complexity index is 1250. The molecule has 0 saturated carbocycles. The summed E-state index contributed by atoms with van der Waals surface area (Å²) in [5, 5.41) is 16.3. The number of aryl methyl sites for hydroxylation is 2. The van der Waals surface area contributed by atoms with Crippen LogP contribution in [0.1, 0.15) is 17.5 Å². The maximum Gasteiger partial charge on any atom is 0.263 e. The third-order valence-corrected chi connectivity index (χ3v) is 6.17. The predicted octanol–water partition coefficient (Wildman–Crippen LogP) is 2.31. The standard InChI is InChI=1S/C24H26ClN7O3/c1-14-4-3-5-18(10-14)35-13-21(33)27-20-11-15(2)30-32(20)24-28-22-19(23(34)29-24)12-26-31(22)17-8-6-16(25)7-9-17/h3-11,19,22,24,26,28H,12-13H2,1-2H3,(H,27,33)(H,29,34). The summed E-state index contributed by atoms with van der Waals surface area (Å²) in [7, 11) is 0. The van der Waals surface area contributed by atoms with Gasteiger partial charge in [-0.05, 0) is 55.8 Å². The van der Waals surface area contributed by atoms with Gasteiger partial charge in [-0.25, -0.2) is 10.1 Å². The molecule has 2 aliphatic rings. The van der Waals surface area contributed by atoms with E-state index in [1.807, 2.05) is 49.2 Å². The Hall–Kier alpha value is -3.60. The monoisotopic (exact) mass is 495 g/mol. The molecule has 2 aromatic carbocycles. The van der Waals surface area contributed by atoms with Gasteiger partial charge in [0.1, 0.15) is 17.7 Å². The van der Waals surface area contributed by atoms with Crippen LogP contribution in [0.3, 0.4) is 0 Å². The summed E-state index contributed by atoms with van der Waals surface area (Å²) in [6.45, 7) is 4.10. The molecular weight excluding hydrogens is 470 g/mol. The van der Waals surface area contributed by atoms with E-state index in [4.69, 9.17) is 16.3 Å². The summed E-state index contributed by atoms with van der Waals surface area (Å²) in [5.74, 6) is 0.307. The number of carbonyl (C=O) groups is 2. The Morgan fingerprint density at radius 2 is 2.00 bits per heavy atom. The molecule has 0 bridgehead atoms. The molecule has 2 amide bonds.